The Kier molecular flexibility index (Phi) is 4.97. The van der Waals surface area contributed by atoms with Crippen molar-refractivity contribution in [2.75, 3.05) is 13.2 Å². The van der Waals surface area contributed by atoms with E-state index in [4.69, 9.17) is 19.0 Å². The van der Waals surface area contributed by atoms with E-state index in [0.29, 0.717) is 17.1 Å². The van der Waals surface area contributed by atoms with Crippen molar-refractivity contribution in [3.05, 3.63) is 64.5 Å². The average Bonchev–Trinajstić information content (AvgIpc) is 2.58. The van der Waals surface area contributed by atoms with Gasteiger partial charge in [-0.2, -0.15) is 0 Å². The Hall–Kier alpha value is -2.84. The molecule has 2 aromatic carbocycles. The molecular formula is C18H17NO6S. The summed E-state index contributed by atoms with van der Waals surface area (Å²) < 4.78 is 38.6. The van der Waals surface area contributed by atoms with E-state index in [-0.39, 0.29) is 18.1 Å². The summed E-state index contributed by atoms with van der Waals surface area (Å²) in [4.78, 5) is 11.5. The second-order valence-electron chi connectivity index (χ2n) is 5.62. The summed E-state index contributed by atoms with van der Waals surface area (Å²) in [5.41, 5.74) is 0.902. The van der Waals surface area contributed by atoms with E-state index in [1.807, 2.05) is 13.0 Å². The molecule has 3 rings (SSSR count). The first-order valence-corrected chi connectivity index (χ1v) is 9.30. The highest BCUT2D eigenvalue weighted by molar-refractivity contribution is 7.89. The third-order valence-electron chi connectivity index (χ3n) is 3.70. The van der Waals surface area contributed by atoms with Gasteiger partial charge in [0.05, 0.1) is 4.90 Å². The largest absolute Gasteiger partial charge is 0.490 e. The van der Waals surface area contributed by atoms with Crippen LogP contribution in [0.5, 0.6) is 11.5 Å². The summed E-state index contributed by atoms with van der Waals surface area (Å²) in [6.45, 7) is 2.36. The van der Waals surface area contributed by atoms with Crippen LogP contribution in [0.2, 0.25) is 0 Å². The van der Waals surface area contributed by atoms with Crippen molar-refractivity contribution in [3.63, 3.8) is 0 Å². The van der Waals surface area contributed by atoms with E-state index in [1.54, 1.807) is 12.1 Å². The van der Waals surface area contributed by atoms with Crippen LogP contribution >= 0.6 is 0 Å². The number of ether oxygens (including phenoxy) is 2. The summed E-state index contributed by atoms with van der Waals surface area (Å²) in [7, 11) is -3.72. The van der Waals surface area contributed by atoms with E-state index in [2.05, 4.69) is 0 Å². The van der Waals surface area contributed by atoms with Crippen molar-refractivity contribution in [3.8, 4) is 11.5 Å². The molecule has 0 radical (unpaired) electrons. The average molecular weight is 375 g/mol. The molecule has 7 nitrogen and oxygen atoms in total. The van der Waals surface area contributed by atoms with Gasteiger partial charge in [-0.1, -0.05) is 0 Å². The zero-order valence-corrected chi connectivity index (χ0v) is 14.8. The molecule has 0 amide bonds. The maximum Gasteiger partial charge on any atom is 0.336 e. The molecule has 0 unspecified atom stereocenters. The topological polar surface area (TPSA) is 109 Å². The molecule has 0 spiro atoms. The number of primary sulfonamides is 1. The van der Waals surface area contributed by atoms with Gasteiger partial charge in [0.15, 0.2) is 0 Å². The van der Waals surface area contributed by atoms with Crippen LogP contribution < -0.4 is 20.2 Å². The number of hydrogen-bond acceptors (Lipinski definition) is 6. The SMILES string of the molecule is Cc1cc(=O)oc2cc(OCCOc3ccc(S(N)(=O)=O)cc3)ccc12. The molecule has 0 saturated heterocycles. The lowest BCUT2D eigenvalue weighted by molar-refractivity contribution is 0.217. The smallest absolute Gasteiger partial charge is 0.336 e. The van der Waals surface area contributed by atoms with Gasteiger partial charge in [-0.3, -0.25) is 0 Å². The lowest BCUT2D eigenvalue weighted by Gasteiger charge is -2.09. The minimum absolute atomic E-state index is 0.0223. The molecule has 26 heavy (non-hydrogen) atoms. The zero-order chi connectivity index (χ0) is 18.7. The highest BCUT2D eigenvalue weighted by atomic mass is 32.2. The number of sulfonamides is 1. The zero-order valence-electron chi connectivity index (χ0n) is 14.0. The van der Waals surface area contributed by atoms with Gasteiger partial charge in [0.2, 0.25) is 10.0 Å². The molecule has 0 bridgehead atoms. The van der Waals surface area contributed by atoms with Crippen molar-refractivity contribution >= 4 is 21.0 Å². The predicted molar refractivity (Wildman–Crippen MR) is 96.0 cm³/mol. The van der Waals surface area contributed by atoms with Gasteiger partial charge in [0.1, 0.15) is 30.3 Å². The number of hydrogen-bond donors (Lipinski definition) is 1. The molecule has 1 heterocycles. The fourth-order valence-corrected chi connectivity index (χ4v) is 2.96. The summed E-state index contributed by atoms with van der Waals surface area (Å²) in [6.07, 6.45) is 0. The normalized spacial score (nSPS) is 11.5. The Morgan fingerprint density at radius 1 is 0.962 bits per heavy atom. The van der Waals surface area contributed by atoms with Gasteiger partial charge in [0.25, 0.3) is 0 Å². The Labute approximate surface area is 150 Å². The lowest BCUT2D eigenvalue weighted by atomic mass is 10.1. The van der Waals surface area contributed by atoms with E-state index in [0.717, 1.165) is 10.9 Å². The van der Waals surface area contributed by atoms with Crippen LogP contribution in [0.3, 0.4) is 0 Å². The van der Waals surface area contributed by atoms with Gasteiger partial charge in [0, 0.05) is 17.5 Å². The van der Waals surface area contributed by atoms with Crippen molar-refractivity contribution < 1.29 is 22.3 Å². The Bertz CT molecular complexity index is 1090. The second kappa shape index (κ2) is 7.19. The van der Waals surface area contributed by atoms with Crippen molar-refractivity contribution in [2.24, 2.45) is 5.14 Å². The highest BCUT2D eigenvalue weighted by Crippen LogP contribution is 2.22. The number of benzene rings is 2. The van der Waals surface area contributed by atoms with E-state index in [1.165, 1.54) is 30.3 Å². The summed E-state index contributed by atoms with van der Waals surface area (Å²) in [5, 5.41) is 5.89. The third-order valence-corrected chi connectivity index (χ3v) is 4.63. The van der Waals surface area contributed by atoms with Crippen LogP contribution in [0, 0.1) is 6.92 Å². The predicted octanol–water partition coefficient (Wildman–Crippen LogP) is 2.21. The monoisotopic (exact) mass is 375 g/mol. The number of nitrogens with two attached hydrogens (primary N) is 1. The molecule has 0 fully saturated rings. The second-order valence-corrected chi connectivity index (χ2v) is 7.18. The molecule has 2 N–H and O–H groups in total. The molecule has 0 saturated carbocycles. The van der Waals surface area contributed by atoms with E-state index >= 15 is 0 Å². The van der Waals surface area contributed by atoms with Crippen LogP contribution in [0.4, 0.5) is 0 Å². The van der Waals surface area contributed by atoms with E-state index in [9.17, 15) is 13.2 Å². The van der Waals surface area contributed by atoms with Gasteiger partial charge in [-0.15, -0.1) is 0 Å². The maximum atomic E-state index is 11.4. The lowest BCUT2D eigenvalue weighted by Crippen LogP contribution is -2.12. The van der Waals surface area contributed by atoms with Crippen LogP contribution in [0.15, 0.2) is 62.6 Å². The van der Waals surface area contributed by atoms with Crippen LogP contribution in [-0.2, 0) is 10.0 Å². The van der Waals surface area contributed by atoms with Gasteiger partial charge in [-0.25, -0.2) is 18.4 Å². The number of rotatable bonds is 6. The third kappa shape index (κ3) is 4.22. The fraction of sp³-hybridized carbons (Fsp3) is 0.167. The molecule has 0 atom stereocenters. The first-order valence-electron chi connectivity index (χ1n) is 7.76. The van der Waals surface area contributed by atoms with E-state index < -0.39 is 15.6 Å². The fourth-order valence-electron chi connectivity index (χ4n) is 2.44. The first-order chi connectivity index (χ1) is 12.3. The summed E-state index contributed by atoms with van der Waals surface area (Å²) >= 11 is 0. The maximum absolute atomic E-state index is 11.4. The van der Waals surface area contributed by atoms with Crippen molar-refractivity contribution in [2.45, 2.75) is 11.8 Å². The number of fused-ring (bicyclic) bond motifs is 1. The van der Waals surface area contributed by atoms with Gasteiger partial charge >= 0.3 is 5.63 Å². The summed E-state index contributed by atoms with van der Waals surface area (Å²) in [5.74, 6) is 1.06. The Morgan fingerprint density at radius 2 is 1.58 bits per heavy atom. The van der Waals surface area contributed by atoms with Gasteiger partial charge < -0.3 is 13.9 Å². The molecule has 136 valence electrons. The molecule has 3 aromatic rings. The standard InChI is InChI=1S/C18H17NO6S/c1-12-10-18(20)25-17-11-14(4-7-16(12)17)24-9-8-23-13-2-5-15(6-3-13)26(19,21)22/h2-7,10-11H,8-9H2,1H3,(H2,19,21,22). The minimum Gasteiger partial charge on any atom is -0.490 e. The molecule has 0 aliphatic heterocycles. The van der Waals surface area contributed by atoms with Crippen LogP contribution in [0.25, 0.3) is 11.0 Å². The van der Waals surface area contributed by atoms with Crippen LogP contribution in [0.1, 0.15) is 5.56 Å². The van der Waals surface area contributed by atoms with Crippen molar-refractivity contribution in [1.82, 2.24) is 0 Å². The molecule has 1 aromatic heterocycles. The first kappa shape index (κ1) is 18.0. The molecule has 0 aliphatic rings. The quantitative estimate of drug-likeness (QED) is 0.523. The Morgan fingerprint density at radius 3 is 2.23 bits per heavy atom. The molecule has 8 heteroatoms. The molecule has 0 aliphatic carbocycles. The Balaban J connectivity index is 1.58. The van der Waals surface area contributed by atoms with Gasteiger partial charge in [-0.05, 0) is 48.9 Å². The number of aryl methyl sites for hydroxylation is 1. The minimum atomic E-state index is -3.72. The highest BCUT2D eigenvalue weighted by Gasteiger charge is 2.07. The molecular weight excluding hydrogens is 358 g/mol. The van der Waals surface area contributed by atoms with Crippen molar-refractivity contribution in [1.29, 1.82) is 0 Å². The summed E-state index contributed by atoms with van der Waals surface area (Å²) in [6, 6.07) is 12.5. The van der Waals surface area contributed by atoms with Crippen LogP contribution in [-0.4, -0.2) is 21.6 Å².